The molecule has 4 amide bonds. The minimum Gasteiger partial charge on any atom is -0.490 e. The third-order valence-corrected chi connectivity index (χ3v) is 7.27. The maximum atomic E-state index is 13.5. The van der Waals surface area contributed by atoms with Gasteiger partial charge in [0.15, 0.2) is 11.5 Å². The van der Waals surface area contributed by atoms with E-state index in [-0.39, 0.29) is 5.57 Å². The van der Waals surface area contributed by atoms with Crippen LogP contribution >= 0.6 is 0 Å². The van der Waals surface area contributed by atoms with E-state index in [2.05, 4.69) is 31.3 Å². The van der Waals surface area contributed by atoms with Gasteiger partial charge in [0.1, 0.15) is 24.5 Å². The van der Waals surface area contributed by atoms with Gasteiger partial charge in [0.2, 0.25) is 0 Å². The van der Waals surface area contributed by atoms with Gasteiger partial charge in [0.05, 0.1) is 12.3 Å². The number of imide groups is 2. The second-order valence-corrected chi connectivity index (χ2v) is 10.6. The van der Waals surface area contributed by atoms with E-state index in [4.69, 9.17) is 14.2 Å². The molecule has 1 N–H and O–H groups in total. The Morgan fingerprint density at radius 3 is 2.11 bits per heavy atom. The zero-order valence-electron chi connectivity index (χ0n) is 25.2. The average molecular weight is 591 g/mol. The van der Waals surface area contributed by atoms with Gasteiger partial charge in [-0.3, -0.25) is 14.9 Å². The predicted octanol–water partition coefficient (Wildman–Crippen LogP) is 6.83. The van der Waals surface area contributed by atoms with Crippen molar-refractivity contribution in [1.29, 1.82) is 0 Å². The van der Waals surface area contributed by atoms with Crippen molar-refractivity contribution in [3.63, 3.8) is 0 Å². The molecule has 0 bridgehead atoms. The number of hydrogen-bond donors (Lipinski definition) is 1. The van der Waals surface area contributed by atoms with Crippen molar-refractivity contribution in [3.05, 3.63) is 124 Å². The summed E-state index contributed by atoms with van der Waals surface area (Å²) in [6.45, 7) is 9.13. The molecule has 8 nitrogen and oxygen atoms in total. The molecular formula is C36H34N2O6. The van der Waals surface area contributed by atoms with Crippen molar-refractivity contribution >= 4 is 29.6 Å². The van der Waals surface area contributed by atoms with Crippen molar-refractivity contribution in [2.75, 3.05) is 11.5 Å². The lowest BCUT2D eigenvalue weighted by Crippen LogP contribution is -2.54. The third kappa shape index (κ3) is 6.98. The van der Waals surface area contributed by atoms with Crippen LogP contribution in [0.25, 0.3) is 6.08 Å². The van der Waals surface area contributed by atoms with Gasteiger partial charge in [0.25, 0.3) is 11.8 Å². The lowest BCUT2D eigenvalue weighted by atomic mass is 10.1. The number of nitrogens with one attached hydrogen (secondary N) is 1. The summed E-state index contributed by atoms with van der Waals surface area (Å²) in [7, 11) is 0. The summed E-state index contributed by atoms with van der Waals surface area (Å²) in [6.07, 6.45) is 1.44. The number of aryl methyl sites for hydroxylation is 3. The second kappa shape index (κ2) is 13.3. The Bertz CT molecular complexity index is 1720. The molecule has 44 heavy (non-hydrogen) atoms. The number of ether oxygens (including phenoxy) is 3. The summed E-state index contributed by atoms with van der Waals surface area (Å²) in [6, 6.07) is 25.1. The Hall–Kier alpha value is -5.37. The van der Waals surface area contributed by atoms with Crippen LogP contribution < -0.4 is 24.4 Å². The Labute approximate surface area is 256 Å². The normalized spacial score (nSPS) is 14.0. The van der Waals surface area contributed by atoms with Gasteiger partial charge in [-0.1, -0.05) is 54.1 Å². The Kier molecular flexibility index (Phi) is 9.09. The van der Waals surface area contributed by atoms with Gasteiger partial charge in [0, 0.05) is 0 Å². The number of anilines is 1. The first-order chi connectivity index (χ1) is 21.2. The lowest BCUT2D eigenvalue weighted by Gasteiger charge is -2.26. The first kappa shape index (κ1) is 30.1. The first-order valence-electron chi connectivity index (χ1n) is 14.4. The van der Waals surface area contributed by atoms with Crippen LogP contribution in [0, 0.1) is 20.8 Å². The zero-order valence-corrected chi connectivity index (χ0v) is 25.2. The molecule has 1 aliphatic heterocycles. The van der Waals surface area contributed by atoms with E-state index < -0.39 is 17.8 Å². The summed E-state index contributed by atoms with van der Waals surface area (Å²) >= 11 is 0. The van der Waals surface area contributed by atoms with Gasteiger partial charge in [-0.25, -0.2) is 9.69 Å². The van der Waals surface area contributed by atoms with Gasteiger partial charge < -0.3 is 14.2 Å². The highest BCUT2D eigenvalue weighted by molar-refractivity contribution is 6.39. The standard InChI is InChI=1S/C36H34N2O6/c1-5-42-33-20-27(12-17-32(33)44-22-28-11-8-24(3)25(4)18-28)19-31-34(39)37-36(41)38(35(31)40)29-13-15-30(16-14-29)43-21-26-9-6-23(2)7-10-26/h6-20H,5,21-22H2,1-4H3,(H,37,39,41)/b31-19+. The molecule has 224 valence electrons. The number of carbonyl (C=O) groups is 3. The van der Waals surface area contributed by atoms with Crippen molar-refractivity contribution in [1.82, 2.24) is 5.32 Å². The minimum absolute atomic E-state index is 0.185. The largest absolute Gasteiger partial charge is 0.490 e. The van der Waals surface area contributed by atoms with E-state index in [1.807, 2.05) is 44.2 Å². The lowest BCUT2D eigenvalue weighted by molar-refractivity contribution is -0.122. The molecule has 0 atom stereocenters. The smallest absolute Gasteiger partial charge is 0.335 e. The van der Waals surface area contributed by atoms with Gasteiger partial charge in [-0.05, 0) is 98.0 Å². The van der Waals surface area contributed by atoms with Gasteiger partial charge in [-0.15, -0.1) is 0 Å². The number of amides is 4. The molecule has 1 heterocycles. The topological polar surface area (TPSA) is 94.2 Å². The number of urea groups is 1. The molecule has 5 rings (SSSR count). The maximum Gasteiger partial charge on any atom is 0.335 e. The summed E-state index contributed by atoms with van der Waals surface area (Å²) in [5.74, 6) is 0.0772. The summed E-state index contributed by atoms with van der Waals surface area (Å²) in [4.78, 5) is 39.9. The van der Waals surface area contributed by atoms with E-state index in [0.29, 0.717) is 48.3 Å². The number of hydrogen-bond acceptors (Lipinski definition) is 6. The summed E-state index contributed by atoms with van der Waals surface area (Å²) in [5.41, 5.74) is 6.27. The van der Waals surface area contributed by atoms with Gasteiger partial charge in [-0.2, -0.15) is 0 Å². The molecule has 1 saturated heterocycles. The Morgan fingerprint density at radius 2 is 1.41 bits per heavy atom. The van der Waals surface area contributed by atoms with Crippen LogP contribution in [-0.2, 0) is 22.8 Å². The molecule has 1 fully saturated rings. The summed E-state index contributed by atoms with van der Waals surface area (Å²) in [5, 5.41) is 2.26. The monoisotopic (exact) mass is 590 g/mol. The molecule has 8 heteroatoms. The SMILES string of the molecule is CCOc1cc(/C=C2\C(=O)NC(=O)N(c3ccc(OCc4ccc(C)cc4)cc3)C2=O)ccc1OCc1ccc(C)c(C)c1. The van der Waals surface area contributed by atoms with E-state index in [1.54, 1.807) is 42.5 Å². The molecule has 1 aliphatic rings. The van der Waals surface area contributed by atoms with Crippen LogP contribution in [0.15, 0.2) is 90.5 Å². The molecule has 0 spiro atoms. The first-order valence-corrected chi connectivity index (χ1v) is 14.4. The number of rotatable bonds is 10. The second-order valence-electron chi connectivity index (χ2n) is 10.6. The molecule has 0 aliphatic carbocycles. The van der Waals surface area contributed by atoms with Crippen molar-refractivity contribution in [2.45, 2.75) is 40.9 Å². The molecule has 0 unspecified atom stereocenters. The molecule has 4 aromatic rings. The third-order valence-electron chi connectivity index (χ3n) is 7.27. The molecule has 0 saturated carbocycles. The fraction of sp³-hybridized carbons (Fsp3) is 0.194. The van der Waals surface area contributed by atoms with Crippen LogP contribution in [0.5, 0.6) is 17.2 Å². The van der Waals surface area contributed by atoms with Crippen LogP contribution in [0.3, 0.4) is 0 Å². The fourth-order valence-electron chi connectivity index (χ4n) is 4.66. The number of nitrogens with zero attached hydrogens (tertiary/aromatic N) is 1. The van der Waals surface area contributed by atoms with Crippen molar-refractivity contribution in [3.8, 4) is 17.2 Å². The van der Waals surface area contributed by atoms with Crippen molar-refractivity contribution in [2.24, 2.45) is 0 Å². The average Bonchev–Trinajstić information content (AvgIpc) is 3.01. The van der Waals surface area contributed by atoms with Crippen LogP contribution in [0.2, 0.25) is 0 Å². The van der Waals surface area contributed by atoms with Gasteiger partial charge >= 0.3 is 6.03 Å². The number of barbiturate groups is 1. The van der Waals surface area contributed by atoms with Crippen LogP contribution in [-0.4, -0.2) is 24.5 Å². The minimum atomic E-state index is -0.824. The number of carbonyl (C=O) groups excluding carboxylic acids is 3. The molecule has 0 radical (unpaired) electrons. The van der Waals surface area contributed by atoms with Crippen molar-refractivity contribution < 1.29 is 28.6 Å². The van der Waals surface area contributed by atoms with E-state index in [1.165, 1.54) is 22.8 Å². The highest BCUT2D eigenvalue weighted by Crippen LogP contribution is 2.31. The Balaban J connectivity index is 1.32. The highest BCUT2D eigenvalue weighted by Gasteiger charge is 2.36. The molecule has 0 aromatic heterocycles. The molecular weight excluding hydrogens is 556 g/mol. The van der Waals surface area contributed by atoms with Crippen LogP contribution in [0.4, 0.5) is 10.5 Å². The predicted molar refractivity (Wildman–Crippen MR) is 169 cm³/mol. The van der Waals surface area contributed by atoms with E-state index >= 15 is 0 Å². The summed E-state index contributed by atoms with van der Waals surface area (Å²) < 4.78 is 17.7. The quantitative estimate of drug-likeness (QED) is 0.161. The zero-order chi connectivity index (χ0) is 31.2. The fourth-order valence-corrected chi connectivity index (χ4v) is 4.66. The number of benzene rings is 4. The maximum absolute atomic E-state index is 13.5. The highest BCUT2D eigenvalue weighted by atomic mass is 16.5. The van der Waals surface area contributed by atoms with E-state index in [0.717, 1.165) is 16.0 Å². The van der Waals surface area contributed by atoms with E-state index in [9.17, 15) is 14.4 Å². The molecule has 4 aromatic carbocycles. The van der Waals surface area contributed by atoms with Crippen LogP contribution in [0.1, 0.15) is 40.3 Å². The Morgan fingerprint density at radius 1 is 0.705 bits per heavy atom.